The van der Waals surface area contributed by atoms with Gasteiger partial charge >= 0.3 is 6.09 Å². The third-order valence-electron chi connectivity index (χ3n) is 4.12. The number of hydrogen-bond acceptors (Lipinski definition) is 5. The van der Waals surface area contributed by atoms with Crippen molar-refractivity contribution in [3.8, 4) is 10.6 Å². The second kappa shape index (κ2) is 10.2. The average Bonchev–Trinajstić information content (AvgIpc) is 3.07. The molecule has 2 rings (SSSR count). The molecule has 6 heteroatoms. The van der Waals surface area contributed by atoms with Crippen LogP contribution >= 0.6 is 11.3 Å². The van der Waals surface area contributed by atoms with Crippen molar-refractivity contribution in [1.29, 1.82) is 0 Å². The SMILES string of the molecule is CC(C)(C)NCCCCc1ccc(-c2ncc(COC(=O)NC(C)(C)C)s2)cc1. The number of alkyl carbamates (subject to hydrolysis) is 1. The van der Waals surface area contributed by atoms with Crippen LogP contribution in [0.25, 0.3) is 10.6 Å². The molecule has 5 nitrogen and oxygen atoms in total. The van der Waals surface area contributed by atoms with Gasteiger partial charge in [-0.25, -0.2) is 9.78 Å². The summed E-state index contributed by atoms with van der Waals surface area (Å²) < 4.78 is 5.27. The third kappa shape index (κ3) is 9.41. The van der Waals surface area contributed by atoms with Crippen molar-refractivity contribution in [1.82, 2.24) is 15.6 Å². The molecular weight excluding hydrogens is 382 g/mol. The highest BCUT2D eigenvalue weighted by molar-refractivity contribution is 7.15. The molecule has 0 aliphatic carbocycles. The van der Waals surface area contributed by atoms with Gasteiger partial charge in [0.2, 0.25) is 0 Å². The van der Waals surface area contributed by atoms with Gasteiger partial charge in [-0.3, -0.25) is 0 Å². The maximum absolute atomic E-state index is 11.8. The topological polar surface area (TPSA) is 63.3 Å². The van der Waals surface area contributed by atoms with Crippen LogP contribution in [0.2, 0.25) is 0 Å². The number of hydrogen-bond donors (Lipinski definition) is 2. The molecule has 0 bridgehead atoms. The lowest BCUT2D eigenvalue weighted by Gasteiger charge is -2.20. The number of amides is 1. The molecule has 1 aromatic carbocycles. The quantitative estimate of drug-likeness (QED) is 0.553. The van der Waals surface area contributed by atoms with Crippen molar-refractivity contribution >= 4 is 17.4 Å². The molecule has 29 heavy (non-hydrogen) atoms. The lowest BCUT2D eigenvalue weighted by Crippen LogP contribution is -2.40. The smallest absolute Gasteiger partial charge is 0.407 e. The average molecular weight is 418 g/mol. The van der Waals surface area contributed by atoms with E-state index in [1.165, 1.54) is 18.4 Å². The van der Waals surface area contributed by atoms with E-state index in [0.29, 0.717) is 0 Å². The van der Waals surface area contributed by atoms with Gasteiger partial charge in [0, 0.05) is 22.8 Å². The van der Waals surface area contributed by atoms with Crippen LogP contribution in [0, 0.1) is 0 Å². The fourth-order valence-corrected chi connectivity index (χ4v) is 3.55. The van der Waals surface area contributed by atoms with Crippen LogP contribution in [0.3, 0.4) is 0 Å². The van der Waals surface area contributed by atoms with Crippen LogP contribution < -0.4 is 10.6 Å². The Bertz CT molecular complexity index is 771. The lowest BCUT2D eigenvalue weighted by atomic mass is 10.1. The van der Waals surface area contributed by atoms with E-state index >= 15 is 0 Å². The Morgan fingerprint density at radius 2 is 1.72 bits per heavy atom. The largest absolute Gasteiger partial charge is 0.444 e. The zero-order valence-corrected chi connectivity index (χ0v) is 19.4. The Labute approximate surface area is 179 Å². The number of carbonyl (C=O) groups is 1. The molecule has 1 amide bonds. The first-order valence-electron chi connectivity index (χ1n) is 10.3. The number of nitrogens with one attached hydrogen (secondary N) is 2. The number of unbranched alkanes of at least 4 members (excludes halogenated alkanes) is 1. The Morgan fingerprint density at radius 1 is 1.03 bits per heavy atom. The molecule has 0 spiro atoms. The van der Waals surface area contributed by atoms with Crippen LogP contribution in [-0.2, 0) is 17.8 Å². The van der Waals surface area contributed by atoms with Crippen molar-refractivity contribution in [2.75, 3.05) is 6.54 Å². The number of ether oxygens (including phenoxy) is 1. The van der Waals surface area contributed by atoms with Crippen LogP contribution in [0.1, 0.15) is 64.8 Å². The maximum Gasteiger partial charge on any atom is 0.407 e. The molecule has 0 radical (unpaired) electrons. The number of aryl methyl sites for hydroxylation is 1. The zero-order chi connectivity index (χ0) is 21.5. The van der Waals surface area contributed by atoms with Gasteiger partial charge in [-0.05, 0) is 72.9 Å². The molecular formula is C23H35N3O2S. The van der Waals surface area contributed by atoms with E-state index < -0.39 is 6.09 Å². The normalized spacial score (nSPS) is 12.1. The molecule has 2 aromatic rings. The number of nitrogens with zero attached hydrogens (tertiary/aromatic N) is 1. The molecule has 0 fully saturated rings. The van der Waals surface area contributed by atoms with Crippen LogP contribution in [0.5, 0.6) is 0 Å². The van der Waals surface area contributed by atoms with Crippen molar-refractivity contribution < 1.29 is 9.53 Å². The predicted molar refractivity (Wildman–Crippen MR) is 121 cm³/mol. The fraction of sp³-hybridized carbons (Fsp3) is 0.565. The van der Waals surface area contributed by atoms with Gasteiger partial charge in [-0.2, -0.15) is 0 Å². The Hall–Kier alpha value is -1.92. The monoisotopic (exact) mass is 417 g/mol. The molecule has 0 aliphatic heterocycles. The molecule has 0 aliphatic rings. The van der Waals surface area contributed by atoms with Gasteiger partial charge in [0.25, 0.3) is 0 Å². The van der Waals surface area contributed by atoms with E-state index in [1.807, 2.05) is 20.8 Å². The van der Waals surface area contributed by atoms with Crippen molar-refractivity contribution in [3.05, 3.63) is 40.9 Å². The maximum atomic E-state index is 11.8. The second-order valence-corrected chi connectivity index (χ2v) is 10.5. The third-order valence-corrected chi connectivity index (χ3v) is 5.14. The van der Waals surface area contributed by atoms with E-state index in [-0.39, 0.29) is 17.7 Å². The lowest BCUT2D eigenvalue weighted by molar-refractivity contribution is 0.132. The Balaban J connectivity index is 1.79. The van der Waals surface area contributed by atoms with Gasteiger partial charge in [-0.15, -0.1) is 11.3 Å². The summed E-state index contributed by atoms with van der Waals surface area (Å²) in [5.41, 5.74) is 2.33. The van der Waals surface area contributed by atoms with Crippen LogP contribution in [0.4, 0.5) is 4.79 Å². The van der Waals surface area contributed by atoms with Crippen LogP contribution in [-0.4, -0.2) is 28.7 Å². The van der Waals surface area contributed by atoms with E-state index in [0.717, 1.165) is 28.4 Å². The highest BCUT2D eigenvalue weighted by atomic mass is 32.1. The molecule has 2 N–H and O–H groups in total. The molecule has 0 unspecified atom stereocenters. The number of rotatable bonds is 8. The zero-order valence-electron chi connectivity index (χ0n) is 18.6. The summed E-state index contributed by atoms with van der Waals surface area (Å²) in [7, 11) is 0. The summed E-state index contributed by atoms with van der Waals surface area (Å²) >= 11 is 1.55. The molecule has 1 aromatic heterocycles. The molecule has 0 saturated carbocycles. The number of benzene rings is 1. The van der Waals surface area contributed by atoms with E-state index in [4.69, 9.17) is 4.74 Å². The molecule has 160 valence electrons. The number of carbonyl (C=O) groups excluding carboxylic acids is 1. The highest BCUT2D eigenvalue weighted by Crippen LogP contribution is 2.26. The van der Waals surface area contributed by atoms with Gasteiger partial charge < -0.3 is 15.4 Å². The van der Waals surface area contributed by atoms with Gasteiger partial charge in [-0.1, -0.05) is 24.3 Å². The summed E-state index contributed by atoms with van der Waals surface area (Å²) in [6.07, 6.45) is 4.82. The Kier molecular flexibility index (Phi) is 8.23. The fourth-order valence-electron chi connectivity index (χ4n) is 2.72. The van der Waals surface area contributed by atoms with Gasteiger partial charge in [0.05, 0.1) is 4.88 Å². The second-order valence-electron chi connectivity index (χ2n) is 9.41. The highest BCUT2D eigenvalue weighted by Gasteiger charge is 2.15. The minimum absolute atomic E-state index is 0.190. The van der Waals surface area contributed by atoms with E-state index in [9.17, 15) is 4.79 Å². The van der Waals surface area contributed by atoms with E-state index in [2.05, 4.69) is 60.7 Å². The number of thiazole rings is 1. The summed E-state index contributed by atoms with van der Waals surface area (Å²) in [5.74, 6) is 0. The van der Waals surface area contributed by atoms with Gasteiger partial charge in [0.15, 0.2) is 0 Å². The first-order valence-corrected chi connectivity index (χ1v) is 11.1. The summed E-state index contributed by atoms with van der Waals surface area (Å²) in [6.45, 7) is 13.6. The molecule has 1 heterocycles. The molecule has 0 atom stereocenters. The summed E-state index contributed by atoms with van der Waals surface area (Å²) in [4.78, 5) is 17.2. The van der Waals surface area contributed by atoms with Crippen molar-refractivity contribution in [2.45, 2.75) is 78.5 Å². The van der Waals surface area contributed by atoms with Crippen molar-refractivity contribution in [3.63, 3.8) is 0 Å². The first-order chi connectivity index (χ1) is 13.5. The van der Waals surface area contributed by atoms with Crippen LogP contribution in [0.15, 0.2) is 30.5 Å². The standard InChI is InChI=1S/C23H35N3O2S/c1-22(2,3)25-14-8-7-9-17-10-12-18(13-11-17)20-24-15-19(29-20)16-28-21(27)26-23(4,5)6/h10-13,15,25H,7-9,14,16H2,1-6H3,(H,26,27). The van der Waals surface area contributed by atoms with E-state index in [1.54, 1.807) is 17.5 Å². The first kappa shape index (κ1) is 23.4. The number of aromatic nitrogens is 1. The molecule has 0 saturated heterocycles. The predicted octanol–water partition coefficient (Wildman–Crippen LogP) is 5.55. The summed E-state index contributed by atoms with van der Waals surface area (Å²) in [6, 6.07) is 8.61. The van der Waals surface area contributed by atoms with Gasteiger partial charge in [0.1, 0.15) is 11.6 Å². The summed E-state index contributed by atoms with van der Waals surface area (Å²) in [5, 5.41) is 7.26. The Morgan fingerprint density at radius 3 is 2.34 bits per heavy atom. The minimum Gasteiger partial charge on any atom is -0.444 e. The van der Waals surface area contributed by atoms with Crippen molar-refractivity contribution in [2.24, 2.45) is 0 Å². The minimum atomic E-state index is -0.408.